The number of carbonyl (C=O) groups excluding carboxylic acids is 1. The van der Waals surface area contributed by atoms with Gasteiger partial charge >= 0.3 is 5.97 Å². The van der Waals surface area contributed by atoms with Crippen molar-refractivity contribution in [3.05, 3.63) is 16.1 Å². The Hall–Kier alpha value is -1.51. The highest BCUT2D eigenvalue weighted by molar-refractivity contribution is 7.11. The number of ether oxygens (including phenoxy) is 1. The maximum atomic E-state index is 12.1. The summed E-state index contributed by atoms with van der Waals surface area (Å²) < 4.78 is 5.21. The zero-order chi connectivity index (χ0) is 14.5. The van der Waals surface area contributed by atoms with Crippen molar-refractivity contribution < 1.29 is 19.4 Å². The molecule has 8 heteroatoms. The van der Waals surface area contributed by atoms with Crippen LogP contribution in [-0.2, 0) is 16.1 Å². The summed E-state index contributed by atoms with van der Waals surface area (Å²) in [5.74, 6) is -0.999. The van der Waals surface area contributed by atoms with Crippen LogP contribution < -0.4 is 5.32 Å². The minimum atomic E-state index is -1.03. The number of hydrogen-bond acceptors (Lipinski definition) is 6. The third-order valence-corrected chi connectivity index (χ3v) is 3.90. The number of aromatic nitrogens is 1. The molecule has 110 valence electrons. The average molecular weight is 299 g/mol. The predicted octanol–water partition coefficient (Wildman–Crippen LogP) is 0.178. The fourth-order valence-corrected chi connectivity index (χ4v) is 2.54. The molecule has 2 rings (SSSR count). The second-order valence-electron chi connectivity index (χ2n) is 4.49. The zero-order valence-electron chi connectivity index (χ0n) is 11.2. The van der Waals surface area contributed by atoms with Gasteiger partial charge in [0.15, 0.2) is 0 Å². The van der Waals surface area contributed by atoms with Crippen LogP contribution in [0.2, 0.25) is 0 Å². The molecule has 20 heavy (non-hydrogen) atoms. The van der Waals surface area contributed by atoms with Crippen LogP contribution in [0.5, 0.6) is 0 Å². The van der Waals surface area contributed by atoms with Crippen LogP contribution in [-0.4, -0.2) is 59.2 Å². The van der Waals surface area contributed by atoms with E-state index in [4.69, 9.17) is 9.84 Å². The molecule has 1 aliphatic heterocycles. The summed E-state index contributed by atoms with van der Waals surface area (Å²) in [4.78, 5) is 28.6. The van der Waals surface area contributed by atoms with Crippen molar-refractivity contribution in [1.82, 2.24) is 15.2 Å². The molecule has 1 amide bonds. The van der Waals surface area contributed by atoms with Crippen molar-refractivity contribution in [1.29, 1.82) is 0 Å². The molecule has 0 aromatic carbocycles. The number of rotatable bonds is 5. The fourth-order valence-electron chi connectivity index (χ4n) is 1.89. The zero-order valence-corrected chi connectivity index (χ0v) is 12.0. The van der Waals surface area contributed by atoms with Crippen molar-refractivity contribution in [3.8, 4) is 0 Å². The van der Waals surface area contributed by atoms with E-state index in [1.54, 1.807) is 17.2 Å². The van der Waals surface area contributed by atoms with Gasteiger partial charge in [-0.2, -0.15) is 0 Å². The van der Waals surface area contributed by atoms with Crippen LogP contribution in [0.4, 0.5) is 0 Å². The number of nitrogens with zero attached hydrogens (tertiary/aromatic N) is 2. The van der Waals surface area contributed by atoms with Gasteiger partial charge in [0.2, 0.25) is 10.9 Å². The minimum absolute atomic E-state index is 0.0296. The number of nitrogens with one attached hydrogen (secondary N) is 1. The molecule has 1 aliphatic rings. The Balaban J connectivity index is 1.82. The molecule has 7 nitrogen and oxygen atoms in total. The smallest absolute Gasteiger partial charge is 0.365 e. The van der Waals surface area contributed by atoms with E-state index in [0.717, 1.165) is 11.3 Å². The van der Waals surface area contributed by atoms with E-state index < -0.39 is 5.97 Å². The van der Waals surface area contributed by atoms with Gasteiger partial charge in [-0.1, -0.05) is 0 Å². The fraction of sp³-hybridized carbons (Fsp3) is 0.583. The van der Waals surface area contributed by atoms with Crippen molar-refractivity contribution in [3.63, 3.8) is 0 Å². The Kier molecular flexibility index (Phi) is 5.05. The maximum absolute atomic E-state index is 12.1. The van der Waals surface area contributed by atoms with E-state index in [2.05, 4.69) is 10.3 Å². The molecular weight excluding hydrogens is 282 g/mol. The molecule has 1 atom stereocenters. The highest BCUT2D eigenvalue weighted by Crippen LogP contribution is 2.10. The lowest BCUT2D eigenvalue weighted by Crippen LogP contribution is -2.49. The second-order valence-corrected chi connectivity index (χ2v) is 5.35. The van der Waals surface area contributed by atoms with Crippen molar-refractivity contribution >= 4 is 23.2 Å². The molecule has 1 aromatic rings. The summed E-state index contributed by atoms with van der Waals surface area (Å²) in [5, 5.41) is 13.6. The van der Waals surface area contributed by atoms with Gasteiger partial charge in [0, 0.05) is 25.0 Å². The molecule has 1 fully saturated rings. The van der Waals surface area contributed by atoms with Gasteiger partial charge < -0.3 is 20.1 Å². The molecular formula is C12H17N3O4S. The van der Waals surface area contributed by atoms with E-state index in [1.165, 1.54) is 0 Å². The first kappa shape index (κ1) is 14.9. The van der Waals surface area contributed by atoms with E-state index in [-0.39, 0.29) is 17.0 Å². The summed E-state index contributed by atoms with van der Waals surface area (Å²) in [5.41, 5.74) is 0.633. The van der Waals surface area contributed by atoms with Gasteiger partial charge in [-0.15, -0.1) is 11.3 Å². The number of aromatic carboxylic acids is 1. The highest BCUT2D eigenvalue weighted by atomic mass is 32.1. The van der Waals surface area contributed by atoms with Crippen molar-refractivity contribution in [2.75, 3.05) is 26.3 Å². The van der Waals surface area contributed by atoms with E-state index in [9.17, 15) is 9.59 Å². The lowest BCUT2D eigenvalue weighted by Gasteiger charge is -2.29. The number of thiazole rings is 1. The largest absolute Gasteiger partial charge is 0.476 e. The third kappa shape index (κ3) is 3.75. The number of amides is 1. The Morgan fingerprint density at radius 3 is 2.85 bits per heavy atom. The van der Waals surface area contributed by atoms with Gasteiger partial charge in [-0.3, -0.25) is 4.79 Å². The van der Waals surface area contributed by atoms with Gasteiger partial charge in [0.25, 0.3) is 0 Å². The topological polar surface area (TPSA) is 91.8 Å². The predicted molar refractivity (Wildman–Crippen MR) is 72.8 cm³/mol. The molecule has 2 N–H and O–H groups in total. The number of carboxylic acids is 1. The Bertz CT molecular complexity index is 485. The summed E-state index contributed by atoms with van der Waals surface area (Å²) in [7, 11) is 0. The molecule has 0 saturated carbocycles. The van der Waals surface area contributed by atoms with Crippen LogP contribution in [0, 0.1) is 0 Å². The van der Waals surface area contributed by atoms with Crippen LogP contribution in [0.25, 0.3) is 0 Å². The summed E-state index contributed by atoms with van der Waals surface area (Å²) in [6, 6.07) is -0.330. The molecule has 0 aliphatic carbocycles. The first-order valence-electron chi connectivity index (χ1n) is 6.35. The monoisotopic (exact) mass is 299 g/mol. The average Bonchev–Trinajstić information content (AvgIpc) is 2.94. The minimum Gasteiger partial charge on any atom is -0.476 e. The molecule has 0 spiro atoms. The van der Waals surface area contributed by atoms with E-state index >= 15 is 0 Å². The standard InChI is InChI=1S/C12H17N3O4S/c1-8(11(16)15-2-4-19-5-3-15)13-6-9-7-20-10(14-9)12(17)18/h7-8,13H,2-6H2,1H3,(H,17,18). The Morgan fingerprint density at radius 1 is 1.55 bits per heavy atom. The molecule has 1 unspecified atom stereocenters. The number of carboxylic acid groups (broad SMARTS) is 1. The van der Waals surface area contributed by atoms with E-state index in [1.807, 2.05) is 0 Å². The molecule has 1 saturated heterocycles. The lowest BCUT2D eigenvalue weighted by atomic mass is 10.2. The number of carbonyl (C=O) groups is 2. The summed E-state index contributed by atoms with van der Waals surface area (Å²) in [6.45, 7) is 4.55. The van der Waals surface area contributed by atoms with Crippen LogP contribution in [0.1, 0.15) is 22.4 Å². The van der Waals surface area contributed by atoms with E-state index in [0.29, 0.717) is 38.5 Å². The normalized spacial score (nSPS) is 16.9. The quantitative estimate of drug-likeness (QED) is 0.806. The first-order chi connectivity index (χ1) is 9.58. The van der Waals surface area contributed by atoms with Crippen LogP contribution in [0.3, 0.4) is 0 Å². The first-order valence-corrected chi connectivity index (χ1v) is 7.23. The second kappa shape index (κ2) is 6.78. The molecule has 0 radical (unpaired) electrons. The SMILES string of the molecule is CC(NCc1csc(C(=O)O)n1)C(=O)N1CCOCC1. The summed E-state index contributed by atoms with van der Waals surface area (Å²) in [6.07, 6.45) is 0. The molecule has 1 aromatic heterocycles. The van der Waals surface area contributed by atoms with Crippen molar-refractivity contribution in [2.45, 2.75) is 19.5 Å². The number of hydrogen-bond donors (Lipinski definition) is 2. The van der Waals surface area contributed by atoms with Crippen LogP contribution >= 0.6 is 11.3 Å². The third-order valence-electron chi connectivity index (χ3n) is 3.02. The molecule has 0 bridgehead atoms. The van der Waals surface area contributed by atoms with Gasteiger partial charge in [0.1, 0.15) is 0 Å². The molecule has 2 heterocycles. The Morgan fingerprint density at radius 2 is 2.25 bits per heavy atom. The Labute approximate surface area is 120 Å². The van der Waals surface area contributed by atoms with Crippen LogP contribution in [0.15, 0.2) is 5.38 Å². The summed E-state index contributed by atoms with van der Waals surface area (Å²) >= 11 is 1.08. The number of morpholine rings is 1. The van der Waals surface area contributed by atoms with Gasteiger partial charge in [-0.05, 0) is 6.92 Å². The lowest BCUT2D eigenvalue weighted by molar-refractivity contribution is -0.137. The maximum Gasteiger partial charge on any atom is 0.365 e. The van der Waals surface area contributed by atoms with Gasteiger partial charge in [-0.25, -0.2) is 9.78 Å². The van der Waals surface area contributed by atoms with Crippen molar-refractivity contribution in [2.24, 2.45) is 0 Å². The highest BCUT2D eigenvalue weighted by Gasteiger charge is 2.22. The van der Waals surface area contributed by atoms with Gasteiger partial charge in [0.05, 0.1) is 24.9 Å².